The Labute approximate surface area is 108 Å². The minimum absolute atomic E-state index is 0.169. The molecule has 0 bridgehead atoms. The summed E-state index contributed by atoms with van der Waals surface area (Å²) in [6.45, 7) is 1.72. The van der Waals surface area contributed by atoms with E-state index in [1.54, 1.807) is 6.92 Å². The van der Waals surface area contributed by atoms with Gasteiger partial charge in [-0.3, -0.25) is 9.20 Å². The first-order valence-electron chi connectivity index (χ1n) is 5.85. The minimum Gasteiger partial charge on any atom is -0.465 e. The fourth-order valence-electron chi connectivity index (χ4n) is 2.35. The van der Waals surface area contributed by atoms with Crippen molar-refractivity contribution in [2.75, 3.05) is 7.11 Å². The Bertz CT molecular complexity index is 858. The molecule has 0 aliphatic heterocycles. The standard InChI is InChI=1S/C14H12N2O3/c1-8-7-11(17)16-10-6-4-3-5-9(10)15-13(16)12(8)14(18)19-2/h3-7,15H,1-2H3. The van der Waals surface area contributed by atoms with E-state index >= 15 is 0 Å². The van der Waals surface area contributed by atoms with Gasteiger partial charge in [-0.05, 0) is 24.6 Å². The van der Waals surface area contributed by atoms with E-state index in [1.165, 1.54) is 17.6 Å². The molecule has 3 aromatic rings. The average molecular weight is 256 g/mol. The van der Waals surface area contributed by atoms with E-state index in [0.29, 0.717) is 16.8 Å². The van der Waals surface area contributed by atoms with Crippen molar-refractivity contribution in [3.63, 3.8) is 0 Å². The van der Waals surface area contributed by atoms with Crippen LogP contribution in [-0.4, -0.2) is 22.5 Å². The molecule has 0 unspecified atom stereocenters. The Hall–Kier alpha value is -2.56. The number of pyridine rings is 1. The molecule has 0 amide bonds. The van der Waals surface area contributed by atoms with E-state index in [-0.39, 0.29) is 5.56 Å². The minimum atomic E-state index is -0.457. The van der Waals surface area contributed by atoms with E-state index in [1.807, 2.05) is 24.3 Å². The van der Waals surface area contributed by atoms with Crippen LogP contribution in [0.15, 0.2) is 35.1 Å². The van der Waals surface area contributed by atoms with Crippen molar-refractivity contribution in [2.45, 2.75) is 6.92 Å². The van der Waals surface area contributed by atoms with Crippen LogP contribution in [0.2, 0.25) is 0 Å². The van der Waals surface area contributed by atoms with Gasteiger partial charge in [0, 0.05) is 6.07 Å². The van der Waals surface area contributed by atoms with Crippen LogP contribution in [-0.2, 0) is 4.74 Å². The van der Waals surface area contributed by atoms with Crippen LogP contribution < -0.4 is 5.56 Å². The third kappa shape index (κ3) is 1.55. The lowest BCUT2D eigenvalue weighted by atomic mass is 10.1. The molecule has 2 aromatic heterocycles. The molecule has 0 aliphatic rings. The first-order valence-corrected chi connectivity index (χ1v) is 5.85. The number of rotatable bonds is 1. The van der Waals surface area contributed by atoms with E-state index in [2.05, 4.69) is 4.98 Å². The van der Waals surface area contributed by atoms with E-state index in [0.717, 1.165) is 11.0 Å². The molecule has 0 radical (unpaired) electrons. The molecule has 0 saturated carbocycles. The number of aromatic nitrogens is 2. The molecule has 0 atom stereocenters. The highest BCUT2D eigenvalue weighted by Crippen LogP contribution is 2.20. The molecule has 3 rings (SSSR count). The maximum absolute atomic E-state index is 12.1. The summed E-state index contributed by atoms with van der Waals surface area (Å²) in [4.78, 5) is 27.1. The van der Waals surface area contributed by atoms with Gasteiger partial charge in [-0.25, -0.2) is 4.79 Å². The Balaban J connectivity index is 2.58. The molecular formula is C14H12N2O3. The van der Waals surface area contributed by atoms with Crippen LogP contribution in [0.4, 0.5) is 0 Å². The van der Waals surface area contributed by atoms with E-state index in [4.69, 9.17) is 4.74 Å². The third-order valence-corrected chi connectivity index (χ3v) is 3.20. The average Bonchev–Trinajstić information content (AvgIpc) is 2.77. The number of esters is 1. The summed E-state index contributed by atoms with van der Waals surface area (Å²) < 4.78 is 6.28. The summed E-state index contributed by atoms with van der Waals surface area (Å²) in [5.41, 5.74) is 2.83. The second-order valence-corrected chi connectivity index (χ2v) is 4.36. The largest absolute Gasteiger partial charge is 0.465 e. The smallest absolute Gasteiger partial charge is 0.341 e. The highest BCUT2D eigenvalue weighted by Gasteiger charge is 2.18. The molecule has 0 aliphatic carbocycles. The van der Waals surface area contributed by atoms with Gasteiger partial charge in [-0.15, -0.1) is 0 Å². The molecule has 1 N–H and O–H groups in total. The Morgan fingerprint density at radius 2 is 2.05 bits per heavy atom. The highest BCUT2D eigenvalue weighted by atomic mass is 16.5. The number of imidazole rings is 1. The lowest BCUT2D eigenvalue weighted by Crippen LogP contribution is -2.17. The lowest BCUT2D eigenvalue weighted by molar-refractivity contribution is 0.0601. The molecule has 0 saturated heterocycles. The highest BCUT2D eigenvalue weighted by molar-refractivity contribution is 5.99. The topological polar surface area (TPSA) is 63.6 Å². The number of aryl methyl sites for hydroxylation is 1. The zero-order valence-corrected chi connectivity index (χ0v) is 10.6. The summed E-state index contributed by atoms with van der Waals surface area (Å²) >= 11 is 0. The number of benzene rings is 1. The van der Waals surface area contributed by atoms with Gasteiger partial charge in [0.2, 0.25) is 0 Å². The van der Waals surface area contributed by atoms with E-state index in [9.17, 15) is 9.59 Å². The number of para-hydroxylation sites is 2. The normalized spacial score (nSPS) is 11.1. The summed E-state index contributed by atoms with van der Waals surface area (Å²) in [6, 6.07) is 8.85. The Kier molecular flexibility index (Phi) is 2.41. The molecule has 96 valence electrons. The summed E-state index contributed by atoms with van der Waals surface area (Å²) in [7, 11) is 1.33. The number of hydrogen-bond donors (Lipinski definition) is 1. The third-order valence-electron chi connectivity index (χ3n) is 3.20. The van der Waals surface area contributed by atoms with Crippen molar-refractivity contribution in [2.24, 2.45) is 0 Å². The quantitative estimate of drug-likeness (QED) is 0.676. The molecule has 0 spiro atoms. The van der Waals surface area contributed by atoms with Crippen LogP contribution in [0.1, 0.15) is 15.9 Å². The second-order valence-electron chi connectivity index (χ2n) is 4.36. The summed E-state index contributed by atoms with van der Waals surface area (Å²) in [5, 5.41) is 0. The fraction of sp³-hybridized carbons (Fsp3) is 0.143. The summed E-state index contributed by atoms with van der Waals surface area (Å²) in [5.74, 6) is -0.457. The molecule has 19 heavy (non-hydrogen) atoms. The predicted octanol–water partition coefficient (Wildman–Crippen LogP) is 1.88. The number of ether oxygens (including phenoxy) is 1. The Morgan fingerprint density at radius 3 is 2.79 bits per heavy atom. The van der Waals surface area contributed by atoms with E-state index < -0.39 is 5.97 Å². The molecule has 0 fully saturated rings. The van der Waals surface area contributed by atoms with Crippen LogP contribution in [0.5, 0.6) is 0 Å². The number of H-pyrrole nitrogens is 1. The molecule has 1 aromatic carbocycles. The van der Waals surface area contributed by atoms with Crippen molar-refractivity contribution >= 4 is 22.6 Å². The van der Waals surface area contributed by atoms with Crippen LogP contribution in [0.3, 0.4) is 0 Å². The number of nitrogens with one attached hydrogen (secondary N) is 1. The maximum atomic E-state index is 12.1. The predicted molar refractivity (Wildman–Crippen MR) is 71.6 cm³/mol. The van der Waals surface area contributed by atoms with Gasteiger partial charge in [-0.1, -0.05) is 12.1 Å². The monoisotopic (exact) mass is 256 g/mol. The zero-order valence-electron chi connectivity index (χ0n) is 10.6. The van der Waals surface area contributed by atoms with Gasteiger partial charge in [0.05, 0.1) is 18.1 Å². The van der Waals surface area contributed by atoms with Gasteiger partial charge < -0.3 is 9.72 Å². The molecule has 5 heteroatoms. The van der Waals surface area contributed by atoms with Gasteiger partial charge in [0.25, 0.3) is 5.56 Å². The van der Waals surface area contributed by atoms with Gasteiger partial charge in [0.1, 0.15) is 11.2 Å². The first kappa shape index (κ1) is 11.5. The number of methoxy groups -OCH3 is 1. The number of carbonyl (C=O) groups excluding carboxylic acids is 1. The van der Waals surface area contributed by atoms with Gasteiger partial charge >= 0.3 is 5.97 Å². The van der Waals surface area contributed by atoms with Crippen molar-refractivity contribution in [1.82, 2.24) is 9.38 Å². The SMILES string of the molecule is COC(=O)c1c(C)cc(=O)n2c1[nH]c1ccccc12. The van der Waals surface area contributed by atoms with Crippen molar-refractivity contribution in [3.8, 4) is 0 Å². The van der Waals surface area contributed by atoms with Crippen LogP contribution in [0.25, 0.3) is 16.7 Å². The van der Waals surface area contributed by atoms with Crippen LogP contribution in [0, 0.1) is 6.92 Å². The second kappa shape index (κ2) is 3.98. The number of nitrogens with zero attached hydrogens (tertiary/aromatic N) is 1. The number of hydrogen-bond acceptors (Lipinski definition) is 3. The first-order chi connectivity index (χ1) is 9.13. The molecular weight excluding hydrogens is 244 g/mol. The number of carbonyl (C=O) groups is 1. The lowest BCUT2D eigenvalue weighted by Gasteiger charge is -2.05. The molecule has 5 nitrogen and oxygen atoms in total. The summed E-state index contributed by atoms with van der Waals surface area (Å²) in [6.07, 6.45) is 0. The van der Waals surface area contributed by atoms with Crippen molar-refractivity contribution < 1.29 is 9.53 Å². The fourth-order valence-corrected chi connectivity index (χ4v) is 2.35. The van der Waals surface area contributed by atoms with Gasteiger partial charge in [0.15, 0.2) is 0 Å². The van der Waals surface area contributed by atoms with Gasteiger partial charge in [-0.2, -0.15) is 0 Å². The molecule has 2 heterocycles. The number of fused-ring (bicyclic) bond motifs is 3. The van der Waals surface area contributed by atoms with Crippen LogP contribution >= 0.6 is 0 Å². The van der Waals surface area contributed by atoms with Crippen molar-refractivity contribution in [1.29, 1.82) is 0 Å². The Morgan fingerprint density at radius 1 is 1.32 bits per heavy atom. The maximum Gasteiger partial charge on any atom is 0.341 e. The zero-order chi connectivity index (χ0) is 13.6. The number of aromatic amines is 1. The van der Waals surface area contributed by atoms with Crippen molar-refractivity contribution in [3.05, 3.63) is 51.8 Å².